The van der Waals surface area contributed by atoms with Crippen molar-refractivity contribution in [3.63, 3.8) is 0 Å². The molecule has 0 spiro atoms. The lowest BCUT2D eigenvalue weighted by Gasteiger charge is -2.26. The fourth-order valence-electron chi connectivity index (χ4n) is 3.65. The Morgan fingerprint density at radius 3 is 2.16 bits per heavy atom. The largest absolute Gasteiger partial charge is 0.207 e. The maximum absolute atomic E-state index is 14.4. The van der Waals surface area contributed by atoms with E-state index < -0.39 is 0 Å². The summed E-state index contributed by atoms with van der Waals surface area (Å²) in [5.74, 6) is 1.38. The Hall–Kier alpha value is -2.07. The van der Waals surface area contributed by atoms with E-state index in [0.717, 1.165) is 24.3 Å². The van der Waals surface area contributed by atoms with E-state index in [2.05, 4.69) is 57.0 Å². The second-order valence-electron chi connectivity index (χ2n) is 7.29. The van der Waals surface area contributed by atoms with Crippen LogP contribution in [0.25, 0.3) is 0 Å². The molecular weight excluding hydrogens is 307 g/mol. The molecule has 3 rings (SSSR count). The molecule has 0 amide bonds. The van der Waals surface area contributed by atoms with Crippen molar-refractivity contribution in [2.75, 3.05) is 0 Å². The summed E-state index contributed by atoms with van der Waals surface area (Å²) in [6, 6.07) is 14.5. The molecule has 0 N–H and O–H groups in total. The number of hydrogen-bond acceptors (Lipinski definition) is 0. The zero-order valence-electron chi connectivity index (χ0n) is 15.5. The first-order chi connectivity index (χ1) is 12.1. The van der Waals surface area contributed by atoms with Gasteiger partial charge in [-0.2, -0.15) is 0 Å². The predicted molar refractivity (Wildman–Crippen MR) is 105 cm³/mol. The third-order valence-electron chi connectivity index (χ3n) is 5.37. The molecule has 0 heterocycles. The summed E-state index contributed by atoms with van der Waals surface area (Å²) in [6.07, 6.45) is 14.7. The molecule has 0 unspecified atom stereocenters. The van der Waals surface area contributed by atoms with Crippen molar-refractivity contribution in [3.8, 4) is 12.8 Å². The Morgan fingerprint density at radius 2 is 1.56 bits per heavy atom. The lowest BCUT2D eigenvalue weighted by atomic mass is 9.79. The van der Waals surface area contributed by atoms with Gasteiger partial charge in [0.05, 0.1) is 0 Å². The average molecular weight is 336 g/mol. The summed E-state index contributed by atoms with van der Waals surface area (Å²) < 4.78 is 14.4. The highest BCUT2D eigenvalue weighted by Gasteiger charge is 2.20. The minimum atomic E-state index is -0.0202. The maximum atomic E-state index is 14.4. The third kappa shape index (κ3) is 5.46. The van der Waals surface area contributed by atoms with Crippen LogP contribution in [0.4, 0.5) is 4.39 Å². The van der Waals surface area contributed by atoms with E-state index in [1.165, 1.54) is 42.4 Å². The summed E-state index contributed by atoms with van der Waals surface area (Å²) in [7, 11) is 0. The van der Waals surface area contributed by atoms with Gasteiger partial charge in [-0.05, 0) is 67.2 Å². The Morgan fingerprint density at radius 1 is 0.920 bits per heavy atom. The third-order valence-corrected chi connectivity index (χ3v) is 5.37. The Kier molecular flexibility index (Phi) is 7.26. The molecule has 0 aliphatic heterocycles. The van der Waals surface area contributed by atoms with Gasteiger partial charge in [-0.1, -0.05) is 61.7 Å². The van der Waals surface area contributed by atoms with Crippen LogP contribution in [0, 0.1) is 31.5 Å². The highest BCUT2D eigenvalue weighted by atomic mass is 19.1. The Labute approximate surface area is 152 Å². The van der Waals surface area contributed by atoms with E-state index in [0.29, 0.717) is 5.92 Å². The molecule has 0 atom stereocenters. The monoisotopic (exact) mass is 336 g/mol. The first kappa shape index (κ1) is 19.3. The molecule has 1 aliphatic carbocycles. The summed E-state index contributed by atoms with van der Waals surface area (Å²) >= 11 is 0. The molecule has 0 aromatic heterocycles. The van der Waals surface area contributed by atoms with Crippen LogP contribution in [-0.2, 0) is 12.8 Å². The Balaban J connectivity index is 0.00000109. The van der Waals surface area contributed by atoms with Crippen LogP contribution >= 0.6 is 0 Å². The van der Waals surface area contributed by atoms with Gasteiger partial charge in [0, 0.05) is 0 Å². The second-order valence-corrected chi connectivity index (χ2v) is 7.29. The number of hydrogen-bond donors (Lipinski definition) is 0. The number of rotatable bonds is 4. The predicted octanol–water partition coefficient (Wildman–Crippen LogP) is 6.46. The van der Waals surface area contributed by atoms with Crippen LogP contribution in [0.1, 0.15) is 60.8 Å². The lowest BCUT2D eigenvalue weighted by Crippen LogP contribution is -2.11. The summed E-state index contributed by atoms with van der Waals surface area (Å²) in [5, 5.41) is 0. The Bertz CT molecular complexity index is 673. The number of terminal acetylenes is 1. The number of aryl methyl sites for hydroxylation is 3. The fourth-order valence-corrected chi connectivity index (χ4v) is 3.65. The smallest absolute Gasteiger partial charge is 0.126 e. The summed E-state index contributed by atoms with van der Waals surface area (Å²) in [6.45, 7) is 4.42. The summed E-state index contributed by atoms with van der Waals surface area (Å²) in [4.78, 5) is 0. The van der Waals surface area contributed by atoms with Gasteiger partial charge in [0.2, 0.25) is 0 Å². The zero-order valence-corrected chi connectivity index (χ0v) is 15.5. The van der Waals surface area contributed by atoms with Crippen molar-refractivity contribution in [2.45, 2.75) is 58.3 Å². The van der Waals surface area contributed by atoms with E-state index in [-0.39, 0.29) is 5.82 Å². The van der Waals surface area contributed by atoms with E-state index in [4.69, 9.17) is 0 Å². The van der Waals surface area contributed by atoms with Gasteiger partial charge in [0.15, 0.2) is 0 Å². The van der Waals surface area contributed by atoms with E-state index in [9.17, 15) is 4.39 Å². The number of benzene rings is 2. The molecule has 0 saturated heterocycles. The van der Waals surface area contributed by atoms with Crippen LogP contribution in [0.15, 0.2) is 42.5 Å². The van der Waals surface area contributed by atoms with E-state index in [1.54, 1.807) is 6.07 Å². The molecule has 25 heavy (non-hydrogen) atoms. The molecule has 132 valence electrons. The average Bonchev–Trinajstić information content (AvgIpc) is 2.64. The topological polar surface area (TPSA) is 0 Å². The standard InChI is InChI=1S/C22H27F.C2H2/c1-16-3-7-18(8-4-16)9-12-20-13-14-21(15-22(20)23)19-10-5-17(2)6-11-19;1-2/h3-4,7-8,13-15,17,19H,5-6,9-12H2,1-2H3;1-2H. The molecule has 1 heteroatoms. The SMILES string of the molecule is C#C.Cc1ccc(CCc2ccc(C3CCC(C)CC3)cc2F)cc1. The minimum Gasteiger partial charge on any atom is -0.207 e. The van der Waals surface area contributed by atoms with Gasteiger partial charge in [0.25, 0.3) is 0 Å². The molecule has 0 radical (unpaired) electrons. The van der Waals surface area contributed by atoms with E-state index >= 15 is 0 Å². The summed E-state index contributed by atoms with van der Waals surface area (Å²) in [5.41, 5.74) is 4.60. The van der Waals surface area contributed by atoms with Gasteiger partial charge >= 0.3 is 0 Å². The number of halogens is 1. The molecule has 1 aliphatic rings. The van der Waals surface area contributed by atoms with Gasteiger partial charge in [0.1, 0.15) is 5.82 Å². The quantitative estimate of drug-likeness (QED) is 0.562. The lowest BCUT2D eigenvalue weighted by molar-refractivity contribution is 0.347. The van der Waals surface area contributed by atoms with Gasteiger partial charge in [-0.25, -0.2) is 4.39 Å². The van der Waals surface area contributed by atoms with Crippen LogP contribution < -0.4 is 0 Å². The zero-order chi connectivity index (χ0) is 18.2. The molecule has 2 aromatic carbocycles. The fraction of sp³-hybridized carbons (Fsp3) is 0.417. The first-order valence-electron chi connectivity index (χ1n) is 9.29. The highest BCUT2D eigenvalue weighted by Crippen LogP contribution is 2.36. The van der Waals surface area contributed by atoms with Gasteiger partial charge < -0.3 is 0 Å². The van der Waals surface area contributed by atoms with Gasteiger partial charge in [-0.3, -0.25) is 0 Å². The normalized spacial score (nSPS) is 19.7. The van der Waals surface area contributed by atoms with Crippen molar-refractivity contribution in [1.29, 1.82) is 0 Å². The molecule has 2 aromatic rings. The molecule has 1 fully saturated rings. The van der Waals surface area contributed by atoms with Crippen LogP contribution in [-0.4, -0.2) is 0 Å². The second kappa shape index (κ2) is 9.42. The van der Waals surface area contributed by atoms with Crippen molar-refractivity contribution in [1.82, 2.24) is 0 Å². The maximum Gasteiger partial charge on any atom is 0.126 e. The van der Waals surface area contributed by atoms with E-state index in [1.807, 2.05) is 6.07 Å². The molecule has 1 saturated carbocycles. The van der Waals surface area contributed by atoms with Crippen LogP contribution in [0.2, 0.25) is 0 Å². The first-order valence-corrected chi connectivity index (χ1v) is 9.29. The molecular formula is C24H29F. The highest BCUT2D eigenvalue weighted by molar-refractivity contribution is 5.29. The molecule has 0 nitrogen and oxygen atoms in total. The van der Waals surface area contributed by atoms with Crippen LogP contribution in [0.3, 0.4) is 0 Å². The van der Waals surface area contributed by atoms with Crippen molar-refractivity contribution in [3.05, 3.63) is 70.5 Å². The minimum absolute atomic E-state index is 0.0202. The van der Waals surface area contributed by atoms with Gasteiger partial charge in [-0.15, -0.1) is 12.8 Å². The molecule has 0 bridgehead atoms. The van der Waals surface area contributed by atoms with Crippen molar-refractivity contribution >= 4 is 0 Å². The van der Waals surface area contributed by atoms with Crippen molar-refractivity contribution < 1.29 is 4.39 Å². The van der Waals surface area contributed by atoms with Crippen LogP contribution in [0.5, 0.6) is 0 Å². The van der Waals surface area contributed by atoms with Crippen molar-refractivity contribution in [2.24, 2.45) is 5.92 Å².